The lowest BCUT2D eigenvalue weighted by Gasteiger charge is -2.15. The van der Waals surface area contributed by atoms with E-state index in [1.165, 1.54) is 11.1 Å². The first-order chi connectivity index (χ1) is 5.36. The van der Waals surface area contributed by atoms with E-state index in [0.29, 0.717) is 6.42 Å². The lowest BCUT2D eigenvalue weighted by atomic mass is 9.89. The third-order valence-electron chi connectivity index (χ3n) is 2.18. The summed E-state index contributed by atoms with van der Waals surface area (Å²) in [6.45, 7) is 0. The van der Waals surface area contributed by atoms with Gasteiger partial charge in [0.2, 0.25) is 0 Å². The summed E-state index contributed by atoms with van der Waals surface area (Å²) < 4.78 is 0. The zero-order valence-electron chi connectivity index (χ0n) is 6.34. The van der Waals surface area contributed by atoms with Crippen molar-refractivity contribution in [2.45, 2.75) is 19.3 Å². The maximum absolute atomic E-state index is 11.0. The molecule has 0 saturated heterocycles. The zero-order valence-corrected chi connectivity index (χ0v) is 6.34. The molecule has 0 radical (unpaired) electrons. The molecule has 0 atom stereocenters. The van der Waals surface area contributed by atoms with Gasteiger partial charge in [0.15, 0.2) is 5.78 Å². The molecule has 0 saturated carbocycles. The Morgan fingerprint density at radius 3 is 2.82 bits per heavy atom. The minimum absolute atomic E-state index is 0.249. The Labute approximate surface area is 66.1 Å². The lowest BCUT2D eigenvalue weighted by Crippen LogP contribution is -2.05. The van der Waals surface area contributed by atoms with Crippen molar-refractivity contribution in [1.82, 2.24) is 0 Å². The molecule has 2 rings (SSSR count). The summed E-state index contributed by atoms with van der Waals surface area (Å²) >= 11 is 0. The maximum atomic E-state index is 11.0. The highest BCUT2D eigenvalue weighted by atomic mass is 16.1. The minimum Gasteiger partial charge on any atom is -0.294 e. The smallest absolute Gasteiger partial charge is 0.159 e. The van der Waals surface area contributed by atoms with Crippen LogP contribution in [0.2, 0.25) is 0 Å². The Hall–Kier alpha value is -1.11. The summed E-state index contributed by atoms with van der Waals surface area (Å²) in [7, 11) is 0. The summed E-state index contributed by atoms with van der Waals surface area (Å²) in [5, 5.41) is 0. The fourth-order valence-electron chi connectivity index (χ4n) is 1.55. The monoisotopic (exact) mass is 146 g/mol. The minimum atomic E-state index is 0.249. The van der Waals surface area contributed by atoms with Crippen molar-refractivity contribution in [2.75, 3.05) is 0 Å². The van der Waals surface area contributed by atoms with Gasteiger partial charge >= 0.3 is 0 Å². The van der Waals surface area contributed by atoms with Crippen LogP contribution in [0, 0.1) is 0 Å². The van der Waals surface area contributed by atoms with Crippen molar-refractivity contribution < 1.29 is 4.79 Å². The van der Waals surface area contributed by atoms with Gasteiger partial charge < -0.3 is 0 Å². The molecule has 56 valence electrons. The molecule has 0 aromatic heterocycles. The standard InChI is InChI=1S/C10H10O/c11-10-6-5-8-3-1-2-4-9(8)7-10/h1-2,5-6H,3-4,7H2. The first-order valence-corrected chi connectivity index (χ1v) is 3.93. The second-order valence-electron chi connectivity index (χ2n) is 2.98. The molecule has 0 fully saturated rings. The molecule has 11 heavy (non-hydrogen) atoms. The molecule has 0 amide bonds. The van der Waals surface area contributed by atoms with Crippen LogP contribution in [0.4, 0.5) is 0 Å². The van der Waals surface area contributed by atoms with Crippen LogP contribution in [0.15, 0.2) is 35.5 Å². The molecule has 0 heterocycles. The van der Waals surface area contributed by atoms with Crippen molar-refractivity contribution in [1.29, 1.82) is 0 Å². The van der Waals surface area contributed by atoms with Crippen LogP contribution in [0.5, 0.6) is 0 Å². The number of rotatable bonds is 0. The Balaban J connectivity index is 2.28. The Morgan fingerprint density at radius 2 is 1.91 bits per heavy atom. The van der Waals surface area contributed by atoms with Crippen molar-refractivity contribution in [3.8, 4) is 0 Å². The van der Waals surface area contributed by atoms with Gasteiger partial charge in [0.1, 0.15) is 0 Å². The maximum Gasteiger partial charge on any atom is 0.159 e. The largest absolute Gasteiger partial charge is 0.294 e. The first-order valence-electron chi connectivity index (χ1n) is 3.93. The Bertz CT molecular complexity index is 279. The molecule has 0 aromatic rings. The molecule has 0 aliphatic heterocycles. The summed E-state index contributed by atoms with van der Waals surface area (Å²) in [6.07, 6.45) is 10.6. The molecule has 1 heteroatoms. The summed E-state index contributed by atoms with van der Waals surface area (Å²) in [6, 6.07) is 0. The van der Waals surface area contributed by atoms with Crippen molar-refractivity contribution in [3.63, 3.8) is 0 Å². The Morgan fingerprint density at radius 1 is 1.09 bits per heavy atom. The number of carbonyl (C=O) groups is 1. The SMILES string of the molecule is O=C1C=CC2=C(CC=CC2)C1. The molecular weight excluding hydrogens is 136 g/mol. The van der Waals surface area contributed by atoms with Crippen LogP contribution < -0.4 is 0 Å². The van der Waals surface area contributed by atoms with E-state index < -0.39 is 0 Å². The van der Waals surface area contributed by atoms with E-state index in [4.69, 9.17) is 0 Å². The van der Waals surface area contributed by atoms with Crippen LogP contribution in [0.25, 0.3) is 0 Å². The number of ketones is 1. The van der Waals surface area contributed by atoms with Gasteiger partial charge in [-0.3, -0.25) is 4.79 Å². The van der Waals surface area contributed by atoms with Gasteiger partial charge in [0, 0.05) is 6.42 Å². The highest BCUT2D eigenvalue weighted by Crippen LogP contribution is 2.26. The molecule has 0 unspecified atom stereocenters. The van der Waals surface area contributed by atoms with Gasteiger partial charge in [-0.2, -0.15) is 0 Å². The van der Waals surface area contributed by atoms with Gasteiger partial charge in [0.25, 0.3) is 0 Å². The predicted octanol–water partition coefficient (Wildman–Crippen LogP) is 2.16. The zero-order chi connectivity index (χ0) is 7.68. The van der Waals surface area contributed by atoms with Gasteiger partial charge in [-0.1, -0.05) is 23.8 Å². The second-order valence-corrected chi connectivity index (χ2v) is 2.98. The molecule has 0 N–H and O–H groups in total. The summed E-state index contributed by atoms with van der Waals surface area (Å²) in [4.78, 5) is 11.0. The fourth-order valence-corrected chi connectivity index (χ4v) is 1.55. The van der Waals surface area contributed by atoms with Crippen molar-refractivity contribution >= 4 is 5.78 Å². The highest BCUT2D eigenvalue weighted by molar-refractivity contribution is 5.93. The van der Waals surface area contributed by atoms with Crippen LogP contribution in [-0.4, -0.2) is 5.78 Å². The van der Waals surface area contributed by atoms with Gasteiger partial charge in [0.05, 0.1) is 0 Å². The summed E-state index contributed by atoms with van der Waals surface area (Å²) in [5.41, 5.74) is 2.67. The fraction of sp³-hybridized carbons (Fsp3) is 0.300. The van der Waals surface area contributed by atoms with Crippen LogP contribution in [0.1, 0.15) is 19.3 Å². The van der Waals surface area contributed by atoms with E-state index in [0.717, 1.165) is 12.8 Å². The van der Waals surface area contributed by atoms with E-state index in [-0.39, 0.29) is 5.78 Å². The van der Waals surface area contributed by atoms with Gasteiger partial charge in [-0.15, -0.1) is 0 Å². The normalized spacial score (nSPS) is 22.4. The third kappa shape index (κ3) is 1.18. The third-order valence-corrected chi connectivity index (χ3v) is 2.18. The average molecular weight is 146 g/mol. The number of hydrogen-bond acceptors (Lipinski definition) is 1. The highest BCUT2D eigenvalue weighted by Gasteiger charge is 2.13. The number of allylic oxidation sites excluding steroid dienone is 6. The molecule has 0 aromatic carbocycles. The molecule has 0 bridgehead atoms. The predicted molar refractivity (Wildman–Crippen MR) is 44.2 cm³/mol. The second kappa shape index (κ2) is 2.50. The summed E-state index contributed by atoms with van der Waals surface area (Å²) in [5.74, 6) is 0.249. The molecule has 0 spiro atoms. The van der Waals surface area contributed by atoms with Crippen LogP contribution in [-0.2, 0) is 4.79 Å². The van der Waals surface area contributed by atoms with Gasteiger partial charge in [-0.05, 0) is 24.5 Å². The van der Waals surface area contributed by atoms with E-state index in [9.17, 15) is 4.79 Å². The van der Waals surface area contributed by atoms with Crippen molar-refractivity contribution in [2.24, 2.45) is 0 Å². The average Bonchev–Trinajstić information content (AvgIpc) is 2.04. The lowest BCUT2D eigenvalue weighted by molar-refractivity contribution is -0.114. The van der Waals surface area contributed by atoms with Gasteiger partial charge in [-0.25, -0.2) is 0 Å². The Kier molecular flexibility index (Phi) is 1.50. The molecule has 1 nitrogen and oxygen atoms in total. The topological polar surface area (TPSA) is 17.1 Å². The number of hydrogen-bond donors (Lipinski definition) is 0. The van der Waals surface area contributed by atoms with E-state index in [2.05, 4.69) is 12.2 Å². The van der Waals surface area contributed by atoms with Crippen molar-refractivity contribution in [3.05, 3.63) is 35.5 Å². The quantitative estimate of drug-likeness (QED) is 0.478. The van der Waals surface area contributed by atoms with E-state index in [1.54, 1.807) is 6.08 Å². The molecular formula is C10H10O. The molecule has 2 aliphatic carbocycles. The van der Waals surface area contributed by atoms with Crippen LogP contribution in [0.3, 0.4) is 0 Å². The molecule has 2 aliphatic rings. The van der Waals surface area contributed by atoms with E-state index >= 15 is 0 Å². The van der Waals surface area contributed by atoms with E-state index in [1.807, 2.05) is 6.08 Å². The van der Waals surface area contributed by atoms with Crippen LogP contribution >= 0.6 is 0 Å². The number of carbonyl (C=O) groups excluding carboxylic acids is 1. The first kappa shape index (κ1) is 6.59.